The van der Waals surface area contributed by atoms with Gasteiger partial charge in [-0.15, -0.1) is 0 Å². The number of nitrogens with zero attached hydrogens (tertiary/aromatic N) is 1. The fourth-order valence-electron chi connectivity index (χ4n) is 2.76. The van der Waals surface area contributed by atoms with Crippen molar-refractivity contribution in [3.63, 3.8) is 0 Å². The van der Waals surface area contributed by atoms with E-state index in [9.17, 15) is 4.79 Å². The van der Waals surface area contributed by atoms with E-state index in [2.05, 4.69) is 17.4 Å². The molecule has 1 saturated heterocycles. The Hall–Kier alpha value is -1.59. The molecular formula is C17H26N2O3. The molecule has 0 aromatic heterocycles. The summed E-state index contributed by atoms with van der Waals surface area (Å²) in [6.45, 7) is 6.96. The number of amides is 1. The zero-order valence-corrected chi connectivity index (χ0v) is 13.5. The summed E-state index contributed by atoms with van der Waals surface area (Å²) in [4.78, 5) is 13.6. The second-order valence-corrected chi connectivity index (χ2v) is 5.40. The molecule has 1 fully saturated rings. The van der Waals surface area contributed by atoms with Crippen LogP contribution in [0.2, 0.25) is 0 Å². The molecule has 5 nitrogen and oxygen atoms in total. The predicted octanol–water partition coefficient (Wildman–Crippen LogP) is 2.41. The Kier molecular flexibility index (Phi) is 6.68. The third-order valence-electron chi connectivity index (χ3n) is 3.88. The van der Waals surface area contributed by atoms with Gasteiger partial charge in [0.15, 0.2) is 0 Å². The second kappa shape index (κ2) is 8.76. The van der Waals surface area contributed by atoms with E-state index in [1.807, 2.05) is 32.0 Å². The van der Waals surface area contributed by atoms with Gasteiger partial charge in [-0.3, -0.25) is 0 Å². The second-order valence-electron chi connectivity index (χ2n) is 5.40. The molecule has 122 valence electrons. The van der Waals surface area contributed by atoms with Crippen LogP contribution in [0, 0.1) is 0 Å². The minimum Gasteiger partial charge on any atom is -0.450 e. The summed E-state index contributed by atoms with van der Waals surface area (Å²) in [5, 5.41) is 3.56. The highest BCUT2D eigenvalue weighted by molar-refractivity contribution is 5.67. The highest BCUT2D eigenvalue weighted by Gasteiger charge is 2.32. The number of ether oxygens (including phenoxy) is 2. The van der Waals surface area contributed by atoms with Crippen molar-refractivity contribution in [2.75, 3.05) is 26.3 Å². The van der Waals surface area contributed by atoms with Crippen molar-refractivity contribution in [1.29, 1.82) is 0 Å². The lowest BCUT2D eigenvalue weighted by atomic mass is 10.0. The van der Waals surface area contributed by atoms with E-state index >= 15 is 0 Å². The average Bonchev–Trinajstić information content (AvgIpc) is 2.55. The van der Waals surface area contributed by atoms with Crippen molar-refractivity contribution in [3.05, 3.63) is 35.9 Å². The van der Waals surface area contributed by atoms with Crippen LogP contribution < -0.4 is 5.32 Å². The molecule has 0 unspecified atom stereocenters. The number of carbonyl (C=O) groups excluding carboxylic acids is 1. The summed E-state index contributed by atoms with van der Waals surface area (Å²) in [5.41, 5.74) is 1.26. The van der Waals surface area contributed by atoms with Crippen molar-refractivity contribution in [1.82, 2.24) is 10.2 Å². The van der Waals surface area contributed by atoms with E-state index in [1.165, 1.54) is 5.56 Å². The van der Waals surface area contributed by atoms with Gasteiger partial charge in [0.1, 0.15) is 0 Å². The van der Waals surface area contributed by atoms with Crippen LogP contribution in [0.1, 0.15) is 25.8 Å². The Bertz CT molecular complexity index is 452. The maximum atomic E-state index is 11.9. The highest BCUT2D eigenvalue weighted by Crippen LogP contribution is 2.16. The van der Waals surface area contributed by atoms with Crippen LogP contribution in [0.5, 0.6) is 0 Å². The first kappa shape index (κ1) is 16.8. The molecule has 1 amide bonds. The van der Waals surface area contributed by atoms with Crippen molar-refractivity contribution in [2.45, 2.75) is 39.0 Å². The normalized spacial score (nSPS) is 21.6. The molecule has 2 rings (SSSR count). The van der Waals surface area contributed by atoms with Crippen LogP contribution >= 0.6 is 0 Å². The third kappa shape index (κ3) is 4.71. The molecule has 1 aromatic rings. The molecule has 2 atom stereocenters. The summed E-state index contributed by atoms with van der Waals surface area (Å²) < 4.78 is 10.9. The fourth-order valence-corrected chi connectivity index (χ4v) is 2.76. The quantitative estimate of drug-likeness (QED) is 0.877. The monoisotopic (exact) mass is 306 g/mol. The number of hydrogen-bond donors (Lipinski definition) is 1. The van der Waals surface area contributed by atoms with Crippen molar-refractivity contribution in [3.8, 4) is 0 Å². The van der Waals surface area contributed by atoms with Gasteiger partial charge in [0, 0.05) is 25.7 Å². The Labute approximate surface area is 132 Å². The topological polar surface area (TPSA) is 50.8 Å². The molecule has 0 radical (unpaired) electrons. The van der Waals surface area contributed by atoms with E-state index < -0.39 is 0 Å². The summed E-state index contributed by atoms with van der Waals surface area (Å²) in [6, 6.07) is 10.6. The van der Waals surface area contributed by atoms with E-state index in [-0.39, 0.29) is 18.2 Å². The van der Waals surface area contributed by atoms with Crippen molar-refractivity contribution < 1.29 is 14.3 Å². The van der Waals surface area contributed by atoms with Gasteiger partial charge in [-0.2, -0.15) is 0 Å². The van der Waals surface area contributed by atoms with Crippen LogP contribution in [0.25, 0.3) is 0 Å². The van der Waals surface area contributed by atoms with Crippen LogP contribution in [-0.2, 0) is 16.0 Å². The molecule has 22 heavy (non-hydrogen) atoms. The summed E-state index contributed by atoms with van der Waals surface area (Å²) in [6.07, 6.45) is 0.636. The minimum absolute atomic E-state index is 0.00636. The predicted molar refractivity (Wildman–Crippen MR) is 85.7 cm³/mol. The third-order valence-corrected chi connectivity index (χ3v) is 3.88. The minimum atomic E-state index is -0.242. The van der Waals surface area contributed by atoms with Crippen LogP contribution in [-0.4, -0.2) is 49.4 Å². The molecule has 1 N–H and O–H groups in total. The first-order valence-electron chi connectivity index (χ1n) is 8.05. The van der Waals surface area contributed by atoms with Gasteiger partial charge in [0.2, 0.25) is 0 Å². The van der Waals surface area contributed by atoms with Gasteiger partial charge in [-0.1, -0.05) is 30.3 Å². The van der Waals surface area contributed by atoms with Gasteiger partial charge in [0.05, 0.1) is 19.3 Å². The Morgan fingerprint density at radius 2 is 2.05 bits per heavy atom. The number of nitrogens with one attached hydrogen (secondary N) is 1. The Morgan fingerprint density at radius 1 is 1.27 bits per heavy atom. The standard InChI is InChI=1S/C17H26N2O3/c1-3-21-16-13-19(17(20)22-4-2)11-10-15(16)18-12-14-8-6-5-7-9-14/h5-9,15-16,18H,3-4,10-13H2,1-2H3/t15-,16+/m1/s1. The van der Waals surface area contributed by atoms with E-state index in [4.69, 9.17) is 9.47 Å². The highest BCUT2D eigenvalue weighted by atomic mass is 16.6. The maximum Gasteiger partial charge on any atom is 0.409 e. The Morgan fingerprint density at radius 3 is 2.73 bits per heavy atom. The summed E-state index contributed by atoms with van der Waals surface area (Å²) in [7, 11) is 0. The van der Waals surface area contributed by atoms with Crippen molar-refractivity contribution >= 4 is 6.09 Å². The number of rotatable bonds is 6. The Balaban J connectivity index is 1.89. The van der Waals surface area contributed by atoms with E-state index in [0.29, 0.717) is 26.3 Å². The molecule has 0 bridgehead atoms. The summed E-state index contributed by atoms with van der Waals surface area (Å²) in [5.74, 6) is 0. The lowest BCUT2D eigenvalue weighted by Crippen LogP contribution is -2.55. The number of hydrogen-bond acceptors (Lipinski definition) is 4. The van der Waals surface area contributed by atoms with Gasteiger partial charge < -0.3 is 19.7 Å². The van der Waals surface area contributed by atoms with Gasteiger partial charge in [0.25, 0.3) is 0 Å². The largest absolute Gasteiger partial charge is 0.450 e. The first-order valence-corrected chi connectivity index (χ1v) is 8.05. The van der Waals surface area contributed by atoms with Gasteiger partial charge in [-0.05, 0) is 25.8 Å². The zero-order valence-electron chi connectivity index (χ0n) is 13.5. The zero-order chi connectivity index (χ0) is 15.8. The SMILES string of the molecule is CCOC(=O)N1CC[C@@H](NCc2ccccc2)[C@@H](OCC)C1. The lowest BCUT2D eigenvalue weighted by Gasteiger charge is -2.38. The maximum absolute atomic E-state index is 11.9. The number of piperidine rings is 1. The number of carbonyl (C=O) groups is 1. The van der Waals surface area contributed by atoms with Gasteiger partial charge >= 0.3 is 6.09 Å². The van der Waals surface area contributed by atoms with E-state index in [0.717, 1.165) is 13.0 Å². The molecular weight excluding hydrogens is 280 g/mol. The first-order chi connectivity index (χ1) is 10.7. The molecule has 1 heterocycles. The molecule has 0 spiro atoms. The molecule has 1 aliphatic rings. The molecule has 1 aliphatic heterocycles. The fraction of sp³-hybridized carbons (Fsp3) is 0.588. The average molecular weight is 306 g/mol. The smallest absolute Gasteiger partial charge is 0.409 e. The molecule has 1 aromatic carbocycles. The molecule has 0 aliphatic carbocycles. The van der Waals surface area contributed by atoms with Gasteiger partial charge in [-0.25, -0.2) is 4.79 Å². The number of benzene rings is 1. The summed E-state index contributed by atoms with van der Waals surface area (Å²) >= 11 is 0. The lowest BCUT2D eigenvalue weighted by molar-refractivity contribution is -0.0167. The van der Waals surface area contributed by atoms with E-state index in [1.54, 1.807) is 4.90 Å². The van der Waals surface area contributed by atoms with Crippen LogP contribution in [0.4, 0.5) is 4.79 Å². The van der Waals surface area contributed by atoms with Crippen molar-refractivity contribution in [2.24, 2.45) is 0 Å². The van der Waals surface area contributed by atoms with Crippen LogP contribution in [0.3, 0.4) is 0 Å². The van der Waals surface area contributed by atoms with Crippen LogP contribution in [0.15, 0.2) is 30.3 Å². The molecule has 0 saturated carbocycles. The number of likely N-dealkylation sites (tertiary alicyclic amines) is 1. The molecule has 5 heteroatoms.